The zero-order chi connectivity index (χ0) is 13.3. The number of aromatic amines is 1. The largest absolute Gasteiger partial charge is 0.390 e. The standard InChI is InChI=1S/C10H13N3O5/c1-5-8(15)6(4-11-17)18-9(5)13-3-2-7(14)12-10(13)16/h2-3,5-6,8-9,15H,4H2,1H3,(H,12,14,16). The summed E-state index contributed by atoms with van der Waals surface area (Å²) >= 11 is 0. The lowest BCUT2D eigenvalue weighted by molar-refractivity contribution is -0.0187. The average molecular weight is 255 g/mol. The van der Waals surface area contributed by atoms with Gasteiger partial charge in [-0.25, -0.2) is 4.79 Å². The lowest BCUT2D eigenvalue weighted by Gasteiger charge is -2.17. The van der Waals surface area contributed by atoms with Crippen LogP contribution in [0.4, 0.5) is 0 Å². The molecule has 18 heavy (non-hydrogen) atoms. The molecule has 2 rings (SSSR count). The minimum atomic E-state index is -0.883. The van der Waals surface area contributed by atoms with Crippen LogP contribution in [0.15, 0.2) is 27.0 Å². The Balaban J connectivity index is 2.31. The molecule has 0 bridgehead atoms. The third kappa shape index (κ3) is 2.12. The molecule has 2 N–H and O–H groups in total. The maximum atomic E-state index is 11.6. The van der Waals surface area contributed by atoms with E-state index in [1.165, 1.54) is 16.8 Å². The van der Waals surface area contributed by atoms with Gasteiger partial charge in [-0.2, -0.15) is 4.91 Å². The summed E-state index contributed by atoms with van der Waals surface area (Å²) in [4.78, 5) is 34.9. The highest BCUT2D eigenvalue weighted by Gasteiger charge is 2.42. The molecule has 0 aromatic carbocycles. The normalized spacial score (nSPS) is 31.4. The number of hydrogen-bond donors (Lipinski definition) is 2. The molecular formula is C10H13N3O5. The first-order valence-electron chi connectivity index (χ1n) is 5.48. The monoisotopic (exact) mass is 255 g/mol. The number of aliphatic hydroxyl groups is 1. The van der Waals surface area contributed by atoms with Crippen molar-refractivity contribution in [3.05, 3.63) is 38.0 Å². The van der Waals surface area contributed by atoms with Crippen LogP contribution in [0, 0.1) is 10.8 Å². The Morgan fingerprint density at radius 3 is 2.89 bits per heavy atom. The van der Waals surface area contributed by atoms with Crippen LogP contribution in [-0.2, 0) is 4.74 Å². The first kappa shape index (κ1) is 12.7. The van der Waals surface area contributed by atoms with Crippen molar-refractivity contribution in [1.29, 1.82) is 0 Å². The van der Waals surface area contributed by atoms with E-state index in [1.54, 1.807) is 6.92 Å². The van der Waals surface area contributed by atoms with Crippen LogP contribution in [0.1, 0.15) is 13.2 Å². The van der Waals surface area contributed by atoms with Gasteiger partial charge in [0.05, 0.1) is 6.10 Å². The van der Waals surface area contributed by atoms with Crippen molar-refractivity contribution in [3.63, 3.8) is 0 Å². The number of aromatic nitrogens is 2. The zero-order valence-corrected chi connectivity index (χ0v) is 9.65. The average Bonchev–Trinajstić information content (AvgIpc) is 2.58. The Kier molecular flexibility index (Phi) is 3.39. The number of hydrogen-bond acceptors (Lipinski definition) is 6. The predicted molar refractivity (Wildman–Crippen MR) is 61.1 cm³/mol. The van der Waals surface area contributed by atoms with E-state index in [0.717, 1.165) is 0 Å². The van der Waals surface area contributed by atoms with E-state index in [1.807, 2.05) is 0 Å². The van der Waals surface area contributed by atoms with E-state index < -0.39 is 29.7 Å². The third-order valence-electron chi connectivity index (χ3n) is 3.06. The van der Waals surface area contributed by atoms with E-state index in [2.05, 4.69) is 10.2 Å². The molecule has 98 valence electrons. The number of aliphatic hydroxyl groups excluding tert-OH is 1. The predicted octanol–water partition coefficient (Wildman–Crippen LogP) is -0.803. The van der Waals surface area contributed by atoms with Gasteiger partial charge in [0.2, 0.25) is 0 Å². The lowest BCUT2D eigenvalue weighted by Crippen LogP contribution is -2.33. The molecule has 0 aliphatic carbocycles. The highest BCUT2D eigenvalue weighted by molar-refractivity contribution is 4.92. The summed E-state index contributed by atoms with van der Waals surface area (Å²) in [6.07, 6.45) is -1.05. The molecule has 0 amide bonds. The van der Waals surface area contributed by atoms with Crippen LogP contribution in [0.3, 0.4) is 0 Å². The second kappa shape index (κ2) is 4.83. The zero-order valence-electron chi connectivity index (χ0n) is 9.65. The fourth-order valence-electron chi connectivity index (χ4n) is 2.06. The second-order valence-corrected chi connectivity index (χ2v) is 4.24. The van der Waals surface area contributed by atoms with Crippen LogP contribution in [0.25, 0.3) is 0 Å². The van der Waals surface area contributed by atoms with Crippen molar-refractivity contribution in [1.82, 2.24) is 9.55 Å². The summed E-state index contributed by atoms with van der Waals surface area (Å²) in [5, 5.41) is 12.5. The van der Waals surface area contributed by atoms with Gasteiger partial charge in [-0.3, -0.25) is 14.3 Å². The van der Waals surface area contributed by atoms with Crippen molar-refractivity contribution in [2.75, 3.05) is 6.54 Å². The SMILES string of the molecule is CC1C(O)C(CN=O)OC1n1ccc(=O)[nH]c1=O. The summed E-state index contributed by atoms with van der Waals surface area (Å²) in [7, 11) is 0. The number of ether oxygens (including phenoxy) is 1. The Labute approximate surface area is 101 Å². The third-order valence-corrected chi connectivity index (χ3v) is 3.06. The van der Waals surface area contributed by atoms with E-state index in [4.69, 9.17) is 4.74 Å². The minimum Gasteiger partial charge on any atom is -0.390 e. The summed E-state index contributed by atoms with van der Waals surface area (Å²) in [6, 6.07) is 1.19. The van der Waals surface area contributed by atoms with Crippen molar-refractivity contribution in [3.8, 4) is 0 Å². The van der Waals surface area contributed by atoms with Gasteiger partial charge in [0.25, 0.3) is 5.56 Å². The Morgan fingerprint density at radius 2 is 2.28 bits per heavy atom. The van der Waals surface area contributed by atoms with E-state index in [-0.39, 0.29) is 12.5 Å². The highest BCUT2D eigenvalue weighted by Crippen LogP contribution is 2.33. The first-order valence-corrected chi connectivity index (χ1v) is 5.48. The van der Waals surface area contributed by atoms with Crippen molar-refractivity contribution in [2.45, 2.75) is 25.4 Å². The Morgan fingerprint density at radius 1 is 1.56 bits per heavy atom. The molecule has 1 aliphatic heterocycles. The first-order chi connectivity index (χ1) is 8.54. The number of nitroso groups, excluding NO2 is 1. The van der Waals surface area contributed by atoms with Gasteiger partial charge in [0.1, 0.15) is 18.9 Å². The van der Waals surface area contributed by atoms with Gasteiger partial charge in [-0.1, -0.05) is 12.1 Å². The van der Waals surface area contributed by atoms with Crippen molar-refractivity contribution in [2.24, 2.45) is 11.1 Å². The topological polar surface area (TPSA) is 114 Å². The number of nitrogens with one attached hydrogen (secondary N) is 1. The fraction of sp³-hybridized carbons (Fsp3) is 0.600. The molecule has 1 aromatic heterocycles. The molecule has 1 aliphatic rings. The van der Waals surface area contributed by atoms with Gasteiger partial charge < -0.3 is 9.84 Å². The molecule has 0 saturated carbocycles. The van der Waals surface area contributed by atoms with Gasteiger partial charge in [0.15, 0.2) is 0 Å². The van der Waals surface area contributed by atoms with E-state index in [0.29, 0.717) is 0 Å². The fourth-order valence-corrected chi connectivity index (χ4v) is 2.06. The van der Waals surface area contributed by atoms with Crippen molar-refractivity contribution >= 4 is 0 Å². The quantitative estimate of drug-likeness (QED) is 0.686. The highest BCUT2D eigenvalue weighted by atomic mass is 16.5. The van der Waals surface area contributed by atoms with Crippen LogP contribution < -0.4 is 11.2 Å². The smallest absolute Gasteiger partial charge is 0.330 e. The molecule has 1 aromatic rings. The van der Waals surface area contributed by atoms with Gasteiger partial charge >= 0.3 is 5.69 Å². The summed E-state index contributed by atoms with van der Waals surface area (Å²) < 4.78 is 6.61. The van der Waals surface area contributed by atoms with Crippen LogP contribution in [0.2, 0.25) is 0 Å². The summed E-state index contributed by atoms with van der Waals surface area (Å²) in [6.45, 7) is 1.51. The lowest BCUT2D eigenvalue weighted by atomic mass is 10.0. The molecule has 8 heteroatoms. The molecular weight excluding hydrogens is 242 g/mol. The number of H-pyrrole nitrogens is 1. The molecule has 2 heterocycles. The summed E-state index contributed by atoms with van der Waals surface area (Å²) in [5.41, 5.74) is -1.13. The Bertz CT molecular complexity index is 551. The second-order valence-electron chi connectivity index (χ2n) is 4.24. The van der Waals surface area contributed by atoms with Gasteiger partial charge in [0, 0.05) is 18.2 Å². The molecule has 4 atom stereocenters. The maximum absolute atomic E-state index is 11.6. The Hall–Kier alpha value is -1.80. The molecule has 1 saturated heterocycles. The summed E-state index contributed by atoms with van der Waals surface area (Å²) in [5.74, 6) is -0.389. The molecule has 4 unspecified atom stereocenters. The van der Waals surface area contributed by atoms with Crippen LogP contribution in [0.5, 0.6) is 0 Å². The molecule has 1 fully saturated rings. The molecule has 0 radical (unpaired) electrons. The van der Waals surface area contributed by atoms with Crippen LogP contribution in [-0.4, -0.2) is 33.4 Å². The van der Waals surface area contributed by atoms with Gasteiger partial charge in [-0.05, 0) is 0 Å². The van der Waals surface area contributed by atoms with Crippen LogP contribution >= 0.6 is 0 Å². The molecule has 8 nitrogen and oxygen atoms in total. The van der Waals surface area contributed by atoms with E-state index in [9.17, 15) is 19.6 Å². The number of nitrogens with zero attached hydrogens (tertiary/aromatic N) is 2. The molecule has 0 spiro atoms. The minimum absolute atomic E-state index is 0.180. The van der Waals surface area contributed by atoms with Crippen molar-refractivity contribution < 1.29 is 9.84 Å². The van der Waals surface area contributed by atoms with Gasteiger partial charge in [-0.15, -0.1) is 0 Å². The number of rotatable bonds is 3. The van der Waals surface area contributed by atoms with E-state index >= 15 is 0 Å². The maximum Gasteiger partial charge on any atom is 0.330 e.